The van der Waals surface area contributed by atoms with E-state index in [1.807, 2.05) is 50.2 Å². The smallest absolute Gasteiger partial charge is 0.255 e. The fourth-order valence-corrected chi connectivity index (χ4v) is 2.63. The molecule has 5 nitrogen and oxygen atoms in total. The van der Waals surface area contributed by atoms with E-state index in [-0.39, 0.29) is 23.3 Å². The molecule has 2 aromatic carbocycles. The summed E-state index contributed by atoms with van der Waals surface area (Å²) in [7, 11) is 5.54. The summed E-state index contributed by atoms with van der Waals surface area (Å²) >= 11 is 0. The topological polar surface area (TPSA) is 61.8 Å². The molecule has 128 valence electrons. The van der Waals surface area contributed by atoms with Crippen molar-refractivity contribution >= 4 is 5.91 Å². The molecule has 0 fully saturated rings. The Labute approximate surface area is 142 Å². The number of aromatic hydroxyl groups is 1. The lowest BCUT2D eigenvalue weighted by Crippen LogP contribution is -2.34. The Morgan fingerprint density at radius 3 is 2.62 bits per heavy atom. The Morgan fingerprint density at radius 1 is 1.25 bits per heavy atom. The first-order chi connectivity index (χ1) is 11.4. The second-order valence-corrected chi connectivity index (χ2v) is 5.95. The van der Waals surface area contributed by atoms with Crippen LogP contribution in [0.1, 0.15) is 27.5 Å². The number of ether oxygens (including phenoxy) is 1. The predicted octanol–water partition coefficient (Wildman–Crippen LogP) is 2.74. The molecule has 24 heavy (non-hydrogen) atoms. The Hall–Kier alpha value is -2.53. The van der Waals surface area contributed by atoms with Crippen LogP contribution in [0.25, 0.3) is 0 Å². The summed E-state index contributed by atoms with van der Waals surface area (Å²) in [6.45, 7) is 2.28. The van der Waals surface area contributed by atoms with Crippen LogP contribution in [0.3, 0.4) is 0 Å². The van der Waals surface area contributed by atoms with E-state index in [0.717, 1.165) is 16.9 Å². The molecule has 0 radical (unpaired) electrons. The third-order valence-electron chi connectivity index (χ3n) is 3.97. The first kappa shape index (κ1) is 17.8. The quantitative estimate of drug-likeness (QED) is 0.856. The van der Waals surface area contributed by atoms with Gasteiger partial charge in [0.05, 0.1) is 18.7 Å². The Bertz CT molecular complexity index is 714. The number of phenols is 1. The van der Waals surface area contributed by atoms with Gasteiger partial charge in [0, 0.05) is 12.1 Å². The van der Waals surface area contributed by atoms with Gasteiger partial charge in [0.15, 0.2) is 0 Å². The lowest BCUT2D eigenvalue weighted by Gasteiger charge is -2.26. The van der Waals surface area contributed by atoms with Crippen LogP contribution >= 0.6 is 0 Å². The third kappa shape index (κ3) is 4.06. The van der Waals surface area contributed by atoms with Gasteiger partial charge >= 0.3 is 0 Å². The van der Waals surface area contributed by atoms with Gasteiger partial charge in [0.25, 0.3) is 5.91 Å². The van der Waals surface area contributed by atoms with Crippen molar-refractivity contribution in [3.8, 4) is 11.5 Å². The second-order valence-electron chi connectivity index (χ2n) is 5.95. The summed E-state index contributed by atoms with van der Waals surface area (Å²) in [5, 5.41) is 12.8. The van der Waals surface area contributed by atoms with E-state index in [4.69, 9.17) is 4.74 Å². The van der Waals surface area contributed by atoms with Crippen molar-refractivity contribution in [3.05, 3.63) is 59.2 Å². The van der Waals surface area contributed by atoms with E-state index in [9.17, 15) is 9.90 Å². The van der Waals surface area contributed by atoms with Crippen LogP contribution in [0.4, 0.5) is 0 Å². The summed E-state index contributed by atoms with van der Waals surface area (Å²) in [6, 6.07) is 12.7. The molecule has 0 aliphatic carbocycles. The monoisotopic (exact) mass is 328 g/mol. The number of carbonyl (C=O) groups excluding carboxylic acids is 1. The molecular formula is C19H24N2O3. The standard InChI is InChI=1S/C19H24N2O3/c1-13-9-10-17(22)15(11-13)19(23)20-12-16(21(2)3)14-7-5-6-8-18(14)24-4/h5-11,16,22H,12H2,1-4H3,(H,20,23). The van der Waals surface area contributed by atoms with Gasteiger partial charge in [0.1, 0.15) is 11.5 Å². The number of methoxy groups -OCH3 is 1. The van der Waals surface area contributed by atoms with E-state index in [1.165, 1.54) is 6.07 Å². The predicted molar refractivity (Wildman–Crippen MR) is 94.6 cm³/mol. The van der Waals surface area contributed by atoms with Gasteiger partial charge in [-0.3, -0.25) is 4.79 Å². The first-order valence-electron chi connectivity index (χ1n) is 7.81. The number of benzene rings is 2. The fraction of sp³-hybridized carbons (Fsp3) is 0.316. The third-order valence-corrected chi connectivity index (χ3v) is 3.97. The number of likely N-dealkylation sites (N-methyl/N-ethyl adjacent to an activating group) is 1. The molecule has 1 amide bonds. The van der Waals surface area contributed by atoms with Crippen LogP contribution < -0.4 is 10.1 Å². The Kier molecular flexibility index (Phi) is 5.82. The number of hydrogen-bond donors (Lipinski definition) is 2. The van der Waals surface area contributed by atoms with E-state index >= 15 is 0 Å². The molecular weight excluding hydrogens is 304 g/mol. The van der Waals surface area contributed by atoms with Crippen molar-refractivity contribution < 1.29 is 14.6 Å². The van der Waals surface area contributed by atoms with Crippen molar-refractivity contribution in [3.63, 3.8) is 0 Å². The minimum absolute atomic E-state index is 0.0169. The van der Waals surface area contributed by atoms with Crippen LogP contribution in [0.5, 0.6) is 11.5 Å². The van der Waals surface area contributed by atoms with Gasteiger partial charge in [0.2, 0.25) is 0 Å². The molecule has 2 N–H and O–H groups in total. The molecule has 2 rings (SSSR count). The summed E-state index contributed by atoms with van der Waals surface area (Å²) in [6.07, 6.45) is 0. The van der Waals surface area contributed by atoms with Crippen molar-refractivity contribution in [2.45, 2.75) is 13.0 Å². The Morgan fingerprint density at radius 2 is 1.96 bits per heavy atom. The minimum atomic E-state index is -0.294. The average molecular weight is 328 g/mol. The van der Waals surface area contributed by atoms with Gasteiger partial charge < -0.3 is 20.1 Å². The zero-order valence-electron chi connectivity index (χ0n) is 14.5. The number of rotatable bonds is 6. The summed E-state index contributed by atoms with van der Waals surface area (Å²) < 4.78 is 5.42. The summed E-state index contributed by atoms with van der Waals surface area (Å²) in [5.74, 6) is 0.471. The molecule has 0 aliphatic rings. The summed E-state index contributed by atoms with van der Waals surface area (Å²) in [5.41, 5.74) is 2.21. The zero-order valence-corrected chi connectivity index (χ0v) is 14.5. The maximum atomic E-state index is 12.4. The van der Waals surface area contributed by atoms with Crippen molar-refractivity contribution in [1.29, 1.82) is 0 Å². The highest BCUT2D eigenvalue weighted by atomic mass is 16.5. The maximum absolute atomic E-state index is 12.4. The van der Waals surface area contributed by atoms with Gasteiger partial charge in [-0.05, 0) is 39.2 Å². The highest BCUT2D eigenvalue weighted by Crippen LogP contribution is 2.27. The van der Waals surface area contributed by atoms with Crippen molar-refractivity contribution in [1.82, 2.24) is 10.2 Å². The van der Waals surface area contributed by atoms with Gasteiger partial charge in [-0.2, -0.15) is 0 Å². The normalized spacial score (nSPS) is 12.0. The maximum Gasteiger partial charge on any atom is 0.255 e. The molecule has 1 atom stereocenters. The van der Waals surface area contributed by atoms with E-state index in [2.05, 4.69) is 5.32 Å². The number of nitrogens with one attached hydrogen (secondary N) is 1. The molecule has 0 bridgehead atoms. The van der Waals surface area contributed by atoms with Crippen LogP contribution in [-0.2, 0) is 0 Å². The SMILES string of the molecule is COc1ccccc1C(CNC(=O)c1cc(C)ccc1O)N(C)C. The van der Waals surface area contributed by atoms with Crippen LogP contribution in [-0.4, -0.2) is 43.7 Å². The van der Waals surface area contributed by atoms with Crippen LogP contribution in [0.2, 0.25) is 0 Å². The second kappa shape index (κ2) is 7.84. The van der Waals surface area contributed by atoms with Gasteiger partial charge in [-0.15, -0.1) is 0 Å². The largest absolute Gasteiger partial charge is 0.507 e. The highest BCUT2D eigenvalue weighted by molar-refractivity contribution is 5.97. The van der Waals surface area contributed by atoms with Gasteiger partial charge in [-0.25, -0.2) is 0 Å². The number of para-hydroxylation sites is 1. The molecule has 1 unspecified atom stereocenters. The van der Waals surface area contributed by atoms with Crippen molar-refractivity contribution in [2.75, 3.05) is 27.7 Å². The summed E-state index contributed by atoms with van der Waals surface area (Å²) in [4.78, 5) is 14.4. The van der Waals surface area contributed by atoms with Gasteiger partial charge in [-0.1, -0.05) is 29.8 Å². The molecule has 0 heterocycles. The van der Waals surface area contributed by atoms with Crippen LogP contribution in [0, 0.1) is 6.92 Å². The first-order valence-corrected chi connectivity index (χ1v) is 7.81. The molecule has 0 saturated heterocycles. The van der Waals surface area contributed by atoms with E-state index in [1.54, 1.807) is 19.2 Å². The number of nitrogens with zero attached hydrogens (tertiary/aromatic N) is 1. The lowest BCUT2D eigenvalue weighted by molar-refractivity contribution is 0.0938. The van der Waals surface area contributed by atoms with E-state index < -0.39 is 0 Å². The molecule has 0 saturated carbocycles. The molecule has 0 spiro atoms. The van der Waals surface area contributed by atoms with Crippen LogP contribution in [0.15, 0.2) is 42.5 Å². The zero-order chi connectivity index (χ0) is 17.7. The number of phenolic OH excluding ortho intramolecular Hbond substituents is 1. The molecule has 5 heteroatoms. The van der Waals surface area contributed by atoms with Crippen molar-refractivity contribution in [2.24, 2.45) is 0 Å². The Balaban J connectivity index is 2.17. The minimum Gasteiger partial charge on any atom is -0.507 e. The van der Waals surface area contributed by atoms with E-state index in [0.29, 0.717) is 6.54 Å². The highest BCUT2D eigenvalue weighted by Gasteiger charge is 2.20. The number of carbonyl (C=O) groups is 1. The molecule has 0 aliphatic heterocycles. The average Bonchev–Trinajstić information content (AvgIpc) is 2.57. The lowest BCUT2D eigenvalue weighted by atomic mass is 10.0. The fourth-order valence-electron chi connectivity index (χ4n) is 2.63. The number of hydrogen-bond acceptors (Lipinski definition) is 4. The molecule has 2 aromatic rings. The number of aryl methyl sites for hydroxylation is 1. The number of amides is 1. The molecule has 0 aromatic heterocycles.